The third kappa shape index (κ3) is 4.35. The van der Waals surface area contributed by atoms with Crippen LogP contribution in [0.15, 0.2) is 42.5 Å². The first-order chi connectivity index (χ1) is 14.0. The van der Waals surface area contributed by atoms with Crippen LogP contribution < -0.4 is 15.5 Å². The van der Waals surface area contributed by atoms with E-state index in [9.17, 15) is 14.4 Å². The van der Waals surface area contributed by atoms with E-state index in [4.69, 9.17) is 11.6 Å². The number of benzene rings is 2. The molecule has 2 N–H and O–H groups in total. The molecular weight excluding hydrogens is 392 g/mol. The topological polar surface area (TPSA) is 81.8 Å². The molecule has 8 heteroatoms. The lowest BCUT2D eigenvalue weighted by atomic mass is 10.0. The van der Waals surface area contributed by atoms with E-state index < -0.39 is 11.8 Å². The summed E-state index contributed by atoms with van der Waals surface area (Å²) < 4.78 is 0. The highest BCUT2D eigenvalue weighted by atomic mass is 35.5. The molecule has 0 aliphatic carbocycles. The van der Waals surface area contributed by atoms with E-state index in [1.54, 1.807) is 23.1 Å². The number of amides is 3. The zero-order valence-corrected chi connectivity index (χ0v) is 16.5. The van der Waals surface area contributed by atoms with Gasteiger partial charge in [0.2, 0.25) is 5.91 Å². The first-order valence-corrected chi connectivity index (χ1v) is 9.91. The molecule has 150 valence electrons. The Balaban J connectivity index is 1.33. The minimum atomic E-state index is -0.648. The molecule has 0 radical (unpaired) electrons. The highest BCUT2D eigenvalue weighted by Crippen LogP contribution is 2.26. The summed E-state index contributed by atoms with van der Waals surface area (Å²) in [6.45, 7) is 2.26. The largest absolute Gasteiger partial charge is 0.368 e. The summed E-state index contributed by atoms with van der Waals surface area (Å²) in [4.78, 5) is 40.1. The maximum atomic E-state index is 12.5. The first-order valence-electron chi connectivity index (χ1n) is 9.53. The number of fused-ring (bicyclic) bond motifs is 1. The molecule has 0 unspecified atom stereocenters. The fourth-order valence-corrected chi connectivity index (χ4v) is 3.73. The number of halogens is 1. The third-order valence-electron chi connectivity index (χ3n) is 5.21. The molecule has 29 heavy (non-hydrogen) atoms. The molecule has 7 nitrogen and oxygen atoms in total. The number of piperazine rings is 1. The summed E-state index contributed by atoms with van der Waals surface area (Å²) in [5, 5.41) is 6.16. The highest BCUT2D eigenvalue weighted by molar-refractivity contribution is 6.39. The van der Waals surface area contributed by atoms with Crippen molar-refractivity contribution in [3.05, 3.63) is 53.1 Å². The van der Waals surface area contributed by atoms with Crippen LogP contribution in [0.2, 0.25) is 5.02 Å². The molecule has 0 aromatic heterocycles. The van der Waals surface area contributed by atoms with E-state index >= 15 is 0 Å². The molecule has 0 atom stereocenters. The maximum absolute atomic E-state index is 12.5. The number of carbonyl (C=O) groups excluding carboxylic acids is 3. The van der Waals surface area contributed by atoms with Gasteiger partial charge < -0.3 is 20.4 Å². The summed E-state index contributed by atoms with van der Waals surface area (Å²) in [6, 6.07) is 12.8. The molecule has 0 saturated carbocycles. The average molecular weight is 413 g/mol. The summed E-state index contributed by atoms with van der Waals surface area (Å²) >= 11 is 5.93. The third-order valence-corrected chi connectivity index (χ3v) is 5.46. The van der Waals surface area contributed by atoms with Gasteiger partial charge in [0.25, 0.3) is 0 Å². The van der Waals surface area contributed by atoms with Gasteiger partial charge in [0.05, 0.1) is 0 Å². The predicted octanol–water partition coefficient (Wildman–Crippen LogP) is 2.51. The summed E-state index contributed by atoms with van der Waals surface area (Å²) in [5.41, 5.74) is 3.31. The molecule has 3 amide bonds. The number of carbonyl (C=O) groups is 3. The van der Waals surface area contributed by atoms with Crippen LogP contribution in [0.5, 0.6) is 0 Å². The van der Waals surface area contributed by atoms with Gasteiger partial charge in [0.15, 0.2) is 0 Å². The number of nitrogens with one attached hydrogen (secondary N) is 2. The van der Waals surface area contributed by atoms with E-state index in [1.165, 1.54) is 0 Å². The Kier molecular flexibility index (Phi) is 5.40. The Morgan fingerprint density at radius 3 is 2.41 bits per heavy atom. The van der Waals surface area contributed by atoms with E-state index in [0.29, 0.717) is 49.7 Å². The van der Waals surface area contributed by atoms with Gasteiger partial charge in [0, 0.05) is 54.7 Å². The van der Waals surface area contributed by atoms with Gasteiger partial charge in [-0.3, -0.25) is 14.4 Å². The second-order valence-electron chi connectivity index (χ2n) is 7.13. The van der Waals surface area contributed by atoms with Crippen molar-refractivity contribution in [1.29, 1.82) is 0 Å². The lowest BCUT2D eigenvalue weighted by Crippen LogP contribution is -2.51. The molecular formula is C21H21ClN4O3. The zero-order valence-electron chi connectivity index (χ0n) is 15.8. The van der Waals surface area contributed by atoms with Crippen molar-refractivity contribution in [3.8, 4) is 0 Å². The van der Waals surface area contributed by atoms with Crippen molar-refractivity contribution in [2.45, 2.75) is 12.8 Å². The number of aryl methyl sites for hydroxylation is 1. The van der Waals surface area contributed by atoms with Crippen LogP contribution in [-0.2, 0) is 20.8 Å². The van der Waals surface area contributed by atoms with Crippen molar-refractivity contribution < 1.29 is 14.4 Å². The van der Waals surface area contributed by atoms with E-state index in [-0.39, 0.29) is 5.91 Å². The summed E-state index contributed by atoms with van der Waals surface area (Å²) in [6.07, 6.45) is 1.03. The number of hydrogen-bond donors (Lipinski definition) is 2. The van der Waals surface area contributed by atoms with Crippen molar-refractivity contribution in [2.75, 3.05) is 41.7 Å². The lowest BCUT2D eigenvalue weighted by Gasteiger charge is -2.35. The van der Waals surface area contributed by atoms with E-state index in [2.05, 4.69) is 15.5 Å². The van der Waals surface area contributed by atoms with Crippen LogP contribution in [0.1, 0.15) is 12.0 Å². The van der Waals surface area contributed by atoms with Gasteiger partial charge in [-0.25, -0.2) is 0 Å². The van der Waals surface area contributed by atoms with Gasteiger partial charge in [-0.1, -0.05) is 11.6 Å². The van der Waals surface area contributed by atoms with Crippen molar-refractivity contribution in [1.82, 2.24) is 4.90 Å². The second kappa shape index (κ2) is 8.13. The fraction of sp³-hybridized carbons (Fsp3) is 0.286. The minimum absolute atomic E-state index is 0.0118. The van der Waals surface area contributed by atoms with Gasteiger partial charge >= 0.3 is 11.8 Å². The van der Waals surface area contributed by atoms with Crippen LogP contribution in [0.4, 0.5) is 17.1 Å². The Labute approximate surface area is 173 Å². The van der Waals surface area contributed by atoms with Crippen LogP contribution in [0, 0.1) is 0 Å². The lowest BCUT2D eigenvalue weighted by molar-refractivity contribution is -0.143. The Bertz CT molecular complexity index is 953. The van der Waals surface area contributed by atoms with Gasteiger partial charge in [-0.15, -0.1) is 0 Å². The van der Waals surface area contributed by atoms with E-state index in [0.717, 1.165) is 16.9 Å². The SMILES string of the molecule is O=C1CCc2cc(NC(=O)C(=O)N3CCN(c4ccc(Cl)cc4)CC3)ccc2N1. The van der Waals surface area contributed by atoms with Crippen LogP contribution >= 0.6 is 11.6 Å². The number of rotatable bonds is 2. The van der Waals surface area contributed by atoms with Crippen molar-refractivity contribution >= 4 is 46.4 Å². The van der Waals surface area contributed by atoms with Crippen molar-refractivity contribution in [3.63, 3.8) is 0 Å². The number of nitrogens with zero attached hydrogens (tertiary/aromatic N) is 2. The molecule has 1 saturated heterocycles. The average Bonchev–Trinajstić information content (AvgIpc) is 2.74. The smallest absolute Gasteiger partial charge is 0.313 e. The number of hydrogen-bond acceptors (Lipinski definition) is 4. The quantitative estimate of drug-likeness (QED) is 0.742. The van der Waals surface area contributed by atoms with Crippen LogP contribution in [0.25, 0.3) is 0 Å². The predicted molar refractivity (Wildman–Crippen MR) is 112 cm³/mol. The normalized spacial score (nSPS) is 16.1. The molecule has 2 aliphatic heterocycles. The van der Waals surface area contributed by atoms with Gasteiger partial charge in [-0.05, 0) is 54.4 Å². The molecule has 1 fully saturated rings. The van der Waals surface area contributed by atoms with Gasteiger partial charge in [-0.2, -0.15) is 0 Å². The molecule has 0 bridgehead atoms. The first kappa shape index (κ1) is 19.3. The highest BCUT2D eigenvalue weighted by Gasteiger charge is 2.26. The summed E-state index contributed by atoms with van der Waals surface area (Å²) in [7, 11) is 0. The molecule has 2 aliphatic rings. The number of anilines is 3. The molecule has 4 rings (SSSR count). The van der Waals surface area contributed by atoms with E-state index in [1.807, 2.05) is 24.3 Å². The standard InChI is InChI=1S/C21H21ClN4O3/c22-15-2-5-17(6-3-15)25-9-11-26(12-10-25)21(29)20(28)23-16-4-7-18-14(13-16)1-8-19(27)24-18/h2-7,13H,1,8-12H2,(H,23,28)(H,24,27). The Hall–Kier alpha value is -3.06. The maximum Gasteiger partial charge on any atom is 0.313 e. The summed E-state index contributed by atoms with van der Waals surface area (Å²) in [5.74, 6) is -1.20. The Morgan fingerprint density at radius 2 is 1.69 bits per heavy atom. The van der Waals surface area contributed by atoms with Crippen LogP contribution in [0.3, 0.4) is 0 Å². The van der Waals surface area contributed by atoms with Crippen LogP contribution in [-0.4, -0.2) is 48.8 Å². The Morgan fingerprint density at radius 1 is 0.966 bits per heavy atom. The van der Waals surface area contributed by atoms with Gasteiger partial charge in [0.1, 0.15) is 0 Å². The monoisotopic (exact) mass is 412 g/mol. The minimum Gasteiger partial charge on any atom is -0.368 e. The zero-order chi connectivity index (χ0) is 20.4. The molecule has 2 aromatic rings. The van der Waals surface area contributed by atoms with Crippen molar-refractivity contribution in [2.24, 2.45) is 0 Å². The fourth-order valence-electron chi connectivity index (χ4n) is 3.61. The second-order valence-corrected chi connectivity index (χ2v) is 7.57. The molecule has 2 heterocycles. The molecule has 0 spiro atoms. The molecule has 2 aromatic carbocycles.